The number of nitrogens with one attached hydrogen (secondary N) is 1. The maximum absolute atomic E-state index is 14.0. The topological polar surface area (TPSA) is 106 Å². The highest BCUT2D eigenvalue weighted by molar-refractivity contribution is 7.89. The summed E-state index contributed by atoms with van der Waals surface area (Å²) in [6, 6.07) is 12.5. The molecule has 4 rings (SSSR count). The molecule has 2 N–H and O–H groups in total. The standard InChI is InChI=1S/C23H27FN4O4S/c1-16-6-9-18(10-7-16)33(30,31)26-21-11-8-17(32-23(21)15-29)12-13-28-14-22(25-27-28)19-4-2-3-5-20(19)24/h2-7,9-10,14,17,21,23,26,29H,8,11-13,15H2,1H3/t17-,21+,23+/m0/s1. The number of aryl methyl sites for hydroxylation is 2. The van der Waals surface area contributed by atoms with E-state index in [0.29, 0.717) is 37.1 Å². The average Bonchev–Trinajstić information content (AvgIpc) is 3.27. The summed E-state index contributed by atoms with van der Waals surface area (Å²) in [6.45, 7) is 2.10. The van der Waals surface area contributed by atoms with Crippen LogP contribution in [-0.4, -0.2) is 53.4 Å². The fraction of sp³-hybridized carbons (Fsp3) is 0.391. The van der Waals surface area contributed by atoms with Crippen LogP contribution in [0, 0.1) is 12.7 Å². The van der Waals surface area contributed by atoms with Crippen molar-refractivity contribution in [2.45, 2.75) is 55.9 Å². The molecular weight excluding hydrogens is 447 g/mol. The molecule has 0 spiro atoms. The normalized spacial score (nSPS) is 21.2. The lowest BCUT2D eigenvalue weighted by atomic mass is 9.98. The molecule has 0 amide bonds. The van der Waals surface area contributed by atoms with Crippen LogP contribution in [-0.2, 0) is 21.3 Å². The summed E-state index contributed by atoms with van der Waals surface area (Å²) >= 11 is 0. The highest BCUT2D eigenvalue weighted by Crippen LogP contribution is 2.25. The van der Waals surface area contributed by atoms with E-state index >= 15 is 0 Å². The molecule has 1 aromatic heterocycles. The van der Waals surface area contributed by atoms with E-state index < -0.39 is 22.2 Å². The molecule has 0 aliphatic carbocycles. The van der Waals surface area contributed by atoms with Crippen molar-refractivity contribution < 1.29 is 22.7 Å². The van der Waals surface area contributed by atoms with Gasteiger partial charge in [-0.25, -0.2) is 17.5 Å². The van der Waals surface area contributed by atoms with Crippen LogP contribution in [0.3, 0.4) is 0 Å². The Morgan fingerprint density at radius 3 is 2.67 bits per heavy atom. The van der Waals surface area contributed by atoms with Crippen LogP contribution >= 0.6 is 0 Å². The summed E-state index contributed by atoms with van der Waals surface area (Å²) < 4.78 is 49.7. The lowest BCUT2D eigenvalue weighted by Gasteiger charge is -2.36. The summed E-state index contributed by atoms with van der Waals surface area (Å²) in [7, 11) is -3.71. The third-order valence-corrected chi connectivity index (χ3v) is 7.31. The average molecular weight is 475 g/mol. The van der Waals surface area contributed by atoms with Crippen molar-refractivity contribution in [1.82, 2.24) is 19.7 Å². The van der Waals surface area contributed by atoms with Crippen molar-refractivity contribution in [3.8, 4) is 11.3 Å². The Kier molecular flexibility index (Phi) is 7.18. The van der Waals surface area contributed by atoms with Crippen LogP contribution in [0.4, 0.5) is 4.39 Å². The predicted molar refractivity (Wildman–Crippen MR) is 120 cm³/mol. The summed E-state index contributed by atoms with van der Waals surface area (Å²) in [4.78, 5) is 0.184. The minimum absolute atomic E-state index is 0.164. The van der Waals surface area contributed by atoms with Crippen molar-refractivity contribution in [2.24, 2.45) is 0 Å². The molecule has 1 saturated heterocycles. The van der Waals surface area contributed by atoms with Crippen LogP contribution < -0.4 is 4.72 Å². The van der Waals surface area contributed by atoms with Gasteiger partial charge in [0.25, 0.3) is 0 Å². The van der Waals surface area contributed by atoms with E-state index in [1.807, 2.05) is 6.92 Å². The summed E-state index contributed by atoms with van der Waals surface area (Å²) in [5, 5.41) is 17.9. The first-order valence-corrected chi connectivity index (χ1v) is 12.3. The van der Waals surface area contributed by atoms with Gasteiger partial charge in [0.15, 0.2) is 0 Å². The maximum Gasteiger partial charge on any atom is 0.240 e. The van der Waals surface area contributed by atoms with Gasteiger partial charge in [-0.1, -0.05) is 35.0 Å². The molecule has 8 nitrogen and oxygen atoms in total. The van der Waals surface area contributed by atoms with Crippen LogP contribution in [0.5, 0.6) is 0 Å². The molecule has 0 unspecified atom stereocenters. The van der Waals surface area contributed by atoms with Gasteiger partial charge >= 0.3 is 0 Å². The molecule has 0 radical (unpaired) electrons. The summed E-state index contributed by atoms with van der Waals surface area (Å²) in [5.41, 5.74) is 1.82. The van der Waals surface area contributed by atoms with Crippen LogP contribution in [0.1, 0.15) is 24.8 Å². The number of hydrogen-bond acceptors (Lipinski definition) is 6. The number of aromatic nitrogens is 3. The summed E-state index contributed by atoms with van der Waals surface area (Å²) in [5.74, 6) is -0.356. The molecule has 0 bridgehead atoms. The Morgan fingerprint density at radius 2 is 1.94 bits per heavy atom. The number of rotatable bonds is 8. The first-order chi connectivity index (χ1) is 15.9. The molecule has 3 atom stereocenters. The molecule has 10 heteroatoms. The number of sulfonamides is 1. The van der Waals surface area contributed by atoms with Crippen molar-refractivity contribution in [1.29, 1.82) is 0 Å². The lowest BCUT2D eigenvalue weighted by molar-refractivity contribution is -0.0891. The fourth-order valence-corrected chi connectivity index (χ4v) is 5.24. The largest absolute Gasteiger partial charge is 0.394 e. The second-order valence-corrected chi connectivity index (χ2v) is 9.95. The summed E-state index contributed by atoms with van der Waals surface area (Å²) in [6.07, 6.45) is 2.65. The van der Waals surface area contributed by atoms with Crippen LogP contribution in [0.15, 0.2) is 59.6 Å². The Bertz CT molecular complexity index is 1180. The number of aliphatic hydroxyl groups is 1. The van der Waals surface area contributed by atoms with Crippen molar-refractivity contribution in [3.05, 3.63) is 66.1 Å². The van der Waals surface area contributed by atoms with Gasteiger partial charge in [0.05, 0.1) is 35.9 Å². The molecule has 1 fully saturated rings. The highest BCUT2D eigenvalue weighted by atomic mass is 32.2. The third-order valence-electron chi connectivity index (χ3n) is 5.80. The number of aliphatic hydroxyl groups excluding tert-OH is 1. The Morgan fingerprint density at radius 1 is 1.18 bits per heavy atom. The maximum atomic E-state index is 14.0. The van der Waals surface area contributed by atoms with Crippen LogP contribution in [0.2, 0.25) is 0 Å². The smallest absolute Gasteiger partial charge is 0.240 e. The van der Waals surface area contributed by atoms with E-state index in [2.05, 4.69) is 15.0 Å². The predicted octanol–water partition coefficient (Wildman–Crippen LogP) is 2.67. The molecule has 3 aromatic rings. The van der Waals surface area contributed by atoms with Gasteiger partial charge in [0.1, 0.15) is 11.5 Å². The number of hydrogen-bond donors (Lipinski definition) is 2. The highest BCUT2D eigenvalue weighted by Gasteiger charge is 2.34. The first-order valence-electron chi connectivity index (χ1n) is 10.9. The fourth-order valence-electron chi connectivity index (χ4n) is 3.94. The van der Waals surface area contributed by atoms with Gasteiger partial charge in [0.2, 0.25) is 10.0 Å². The molecule has 0 saturated carbocycles. The monoisotopic (exact) mass is 474 g/mol. The van der Waals surface area contributed by atoms with Gasteiger partial charge in [-0.3, -0.25) is 4.68 Å². The SMILES string of the molecule is Cc1ccc(S(=O)(=O)N[C@@H]2CC[C@@H](CCn3cc(-c4ccccc4F)nn3)O[C@@H]2CO)cc1. The Labute approximate surface area is 192 Å². The van der Waals surface area contributed by atoms with Gasteiger partial charge in [-0.15, -0.1) is 5.10 Å². The molecule has 2 aromatic carbocycles. The van der Waals surface area contributed by atoms with Crippen molar-refractivity contribution >= 4 is 10.0 Å². The van der Waals surface area contributed by atoms with E-state index in [1.165, 1.54) is 6.07 Å². The molecule has 33 heavy (non-hydrogen) atoms. The Balaban J connectivity index is 1.34. The zero-order valence-electron chi connectivity index (χ0n) is 18.3. The van der Waals surface area contributed by atoms with Gasteiger partial charge < -0.3 is 9.84 Å². The molecule has 1 aliphatic rings. The van der Waals surface area contributed by atoms with E-state index in [4.69, 9.17) is 4.74 Å². The lowest BCUT2D eigenvalue weighted by Crippen LogP contribution is -2.50. The quantitative estimate of drug-likeness (QED) is 0.520. The molecule has 176 valence electrons. The minimum atomic E-state index is -3.71. The number of halogens is 1. The van der Waals surface area contributed by atoms with E-state index in [-0.39, 0.29) is 23.4 Å². The van der Waals surface area contributed by atoms with Crippen molar-refractivity contribution in [2.75, 3.05) is 6.61 Å². The molecule has 1 aliphatic heterocycles. The van der Waals surface area contributed by atoms with Gasteiger partial charge in [-0.05, 0) is 50.5 Å². The number of nitrogens with zero attached hydrogens (tertiary/aromatic N) is 3. The zero-order valence-corrected chi connectivity index (χ0v) is 19.1. The molecular formula is C23H27FN4O4S. The third kappa shape index (κ3) is 5.64. The van der Waals surface area contributed by atoms with E-state index in [1.54, 1.807) is 53.3 Å². The first kappa shape index (κ1) is 23.5. The van der Waals surface area contributed by atoms with Crippen LogP contribution in [0.25, 0.3) is 11.3 Å². The second-order valence-electron chi connectivity index (χ2n) is 8.23. The van der Waals surface area contributed by atoms with E-state index in [9.17, 15) is 17.9 Å². The second kappa shape index (κ2) is 10.1. The Hall–Kier alpha value is -2.66. The van der Waals surface area contributed by atoms with E-state index in [0.717, 1.165) is 5.56 Å². The zero-order chi connectivity index (χ0) is 23.4. The van der Waals surface area contributed by atoms with Gasteiger partial charge in [0, 0.05) is 12.1 Å². The molecule has 2 heterocycles. The minimum Gasteiger partial charge on any atom is -0.394 e. The van der Waals surface area contributed by atoms with Crippen molar-refractivity contribution in [3.63, 3.8) is 0 Å². The number of benzene rings is 2. The van der Waals surface area contributed by atoms with Gasteiger partial charge in [-0.2, -0.15) is 0 Å². The number of ether oxygens (including phenoxy) is 1.